The highest BCUT2D eigenvalue weighted by Crippen LogP contribution is 1.99. The molecular weight excluding hydrogens is 154 g/mol. The summed E-state index contributed by atoms with van der Waals surface area (Å²) >= 11 is 0. The van der Waals surface area contributed by atoms with E-state index in [0.717, 1.165) is 13.0 Å². The Morgan fingerprint density at radius 2 is 2.00 bits per heavy atom. The number of rotatable bonds is 4. The van der Waals surface area contributed by atoms with Crippen LogP contribution in [0.2, 0.25) is 0 Å². The van der Waals surface area contributed by atoms with E-state index in [1.54, 1.807) is 12.4 Å². The Morgan fingerprint density at radius 3 is 2.58 bits per heavy atom. The monoisotopic (exact) mass is 167 g/mol. The highest BCUT2D eigenvalue weighted by Gasteiger charge is 1.92. The van der Waals surface area contributed by atoms with Gasteiger partial charge in [-0.1, -0.05) is 0 Å². The van der Waals surface area contributed by atoms with Gasteiger partial charge in [-0.15, -0.1) is 0 Å². The maximum Gasteiger partial charge on any atom is 0.222 e. The summed E-state index contributed by atoms with van der Waals surface area (Å²) in [5.41, 5.74) is 11.3. The van der Waals surface area contributed by atoms with Crippen LogP contribution in [0.4, 0.5) is 11.6 Å². The van der Waals surface area contributed by atoms with Gasteiger partial charge in [-0.2, -0.15) is 0 Å². The van der Waals surface area contributed by atoms with Crippen LogP contribution >= 0.6 is 0 Å². The van der Waals surface area contributed by atoms with E-state index in [0.29, 0.717) is 18.2 Å². The molecule has 0 bridgehead atoms. The number of nitrogens with zero attached hydrogens (tertiary/aromatic N) is 2. The topological polar surface area (TPSA) is 89.8 Å². The summed E-state index contributed by atoms with van der Waals surface area (Å²) in [6.07, 6.45) is 4.04. The Balaban J connectivity index is 2.37. The largest absolute Gasteiger partial charge is 0.396 e. The van der Waals surface area contributed by atoms with Crippen LogP contribution in [0.3, 0.4) is 0 Å². The van der Waals surface area contributed by atoms with E-state index in [2.05, 4.69) is 15.3 Å². The molecule has 5 nitrogen and oxygen atoms in total. The van der Waals surface area contributed by atoms with Crippen LogP contribution in [-0.2, 0) is 0 Å². The van der Waals surface area contributed by atoms with Crippen LogP contribution in [0.1, 0.15) is 6.42 Å². The average Bonchev–Trinajstić information content (AvgIpc) is 2.09. The molecule has 0 aromatic carbocycles. The molecule has 0 radical (unpaired) electrons. The molecule has 66 valence electrons. The predicted molar refractivity (Wildman–Crippen MR) is 48.6 cm³/mol. The van der Waals surface area contributed by atoms with E-state index in [-0.39, 0.29) is 0 Å². The molecule has 5 heteroatoms. The smallest absolute Gasteiger partial charge is 0.222 e. The normalized spacial score (nSPS) is 9.75. The van der Waals surface area contributed by atoms with Crippen LogP contribution < -0.4 is 16.8 Å². The van der Waals surface area contributed by atoms with Gasteiger partial charge in [-0.25, -0.2) is 9.97 Å². The van der Waals surface area contributed by atoms with E-state index < -0.39 is 0 Å². The van der Waals surface area contributed by atoms with Gasteiger partial charge in [0.05, 0.1) is 18.1 Å². The fourth-order valence-corrected chi connectivity index (χ4v) is 0.732. The first kappa shape index (κ1) is 8.73. The fraction of sp³-hybridized carbons (Fsp3) is 0.429. The molecule has 0 saturated carbocycles. The highest BCUT2D eigenvalue weighted by atomic mass is 15.1. The Hall–Kier alpha value is -1.36. The predicted octanol–water partition coefficient (Wildman–Crippen LogP) is -0.181. The lowest BCUT2D eigenvalue weighted by Crippen LogP contribution is -2.10. The number of nitrogens with one attached hydrogen (secondary N) is 1. The minimum absolute atomic E-state index is 0.569. The third-order valence-electron chi connectivity index (χ3n) is 1.34. The van der Waals surface area contributed by atoms with Gasteiger partial charge < -0.3 is 16.8 Å². The maximum absolute atomic E-state index is 5.41. The highest BCUT2D eigenvalue weighted by molar-refractivity contribution is 5.35. The number of hydrogen-bond donors (Lipinski definition) is 3. The van der Waals surface area contributed by atoms with E-state index in [1.165, 1.54) is 0 Å². The third kappa shape index (κ3) is 2.71. The van der Waals surface area contributed by atoms with Gasteiger partial charge in [0.2, 0.25) is 5.95 Å². The molecule has 1 aromatic heterocycles. The summed E-state index contributed by atoms with van der Waals surface area (Å²) < 4.78 is 0. The molecule has 0 aliphatic heterocycles. The SMILES string of the molecule is NCCCNc1ncc(N)cn1. The first-order chi connectivity index (χ1) is 5.83. The maximum atomic E-state index is 5.41. The van der Waals surface area contributed by atoms with Crippen LogP contribution in [0.25, 0.3) is 0 Å². The van der Waals surface area contributed by atoms with Crippen molar-refractivity contribution >= 4 is 11.6 Å². The Labute approximate surface area is 71.2 Å². The van der Waals surface area contributed by atoms with Crippen LogP contribution in [0.15, 0.2) is 12.4 Å². The third-order valence-corrected chi connectivity index (χ3v) is 1.34. The van der Waals surface area contributed by atoms with Gasteiger partial charge in [0.1, 0.15) is 0 Å². The molecule has 0 fully saturated rings. The van der Waals surface area contributed by atoms with Crippen LogP contribution in [0, 0.1) is 0 Å². The number of aromatic nitrogens is 2. The zero-order valence-corrected chi connectivity index (χ0v) is 6.83. The van der Waals surface area contributed by atoms with Gasteiger partial charge in [-0.3, -0.25) is 0 Å². The van der Waals surface area contributed by atoms with Crippen molar-refractivity contribution in [2.24, 2.45) is 5.73 Å². The summed E-state index contributed by atoms with van der Waals surface area (Å²) in [5.74, 6) is 0.595. The van der Waals surface area contributed by atoms with E-state index in [1.807, 2.05) is 0 Å². The van der Waals surface area contributed by atoms with Gasteiger partial charge in [0.25, 0.3) is 0 Å². The summed E-state index contributed by atoms with van der Waals surface area (Å²) in [7, 11) is 0. The molecule has 1 heterocycles. The van der Waals surface area contributed by atoms with Crippen molar-refractivity contribution in [1.82, 2.24) is 9.97 Å². The van der Waals surface area contributed by atoms with Crippen LogP contribution in [0.5, 0.6) is 0 Å². The average molecular weight is 167 g/mol. The summed E-state index contributed by atoms with van der Waals surface area (Å²) in [6.45, 7) is 1.46. The number of nitrogens with two attached hydrogens (primary N) is 2. The summed E-state index contributed by atoms with van der Waals surface area (Å²) in [6, 6.07) is 0. The van der Waals surface area contributed by atoms with Crippen molar-refractivity contribution in [1.29, 1.82) is 0 Å². The standard InChI is InChI=1S/C7H13N5/c8-2-1-3-10-7-11-4-6(9)5-12-7/h4-5H,1-3,8-9H2,(H,10,11,12). The van der Waals surface area contributed by atoms with Crippen molar-refractivity contribution in [2.45, 2.75) is 6.42 Å². The van der Waals surface area contributed by atoms with Crippen LogP contribution in [-0.4, -0.2) is 23.1 Å². The number of nitrogen functional groups attached to an aromatic ring is 1. The van der Waals surface area contributed by atoms with Gasteiger partial charge >= 0.3 is 0 Å². The molecule has 1 rings (SSSR count). The second kappa shape index (κ2) is 4.50. The molecule has 0 amide bonds. The summed E-state index contributed by atoms with van der Waals surface area (Å²) in [5, 5.41) is 3.01. The molecule has 0 aliphatic carbocycles. The van der Waals surface area contributed by atoms with Gasteiger partial charge in [-0.05, 0) is 13.0 Å². The quantitative estimate of drug-likeness (QED) is 0.541. The Kier molecular flexibility index (Phi) is 3.28. The molecule has 0 saturated heterocycles. The molecule has 5 N–H and O–H groups in total. The Bertz CT molecular complexity index is 220. The van der Waals surface area contributed by atoms with Crippen molar-refractivity contribution in [2.75, 3.05) is 24.1 Å². The lowest BCUT2D eigenvalue weighted by Gasteiger charge is -2.02. The van der Waals surface area contributed by atoms with Crippen molar-refractivity contribution in [3.63, 3.8) is 0 Å². The van der Waals surface area contributed by atoms with E-state index >= 15 is 0 Å². The zero-order chi connectivity index (χ0) is 8.81. The second-order valence-corrected chi connectivity index (χ2v) is 2.41. The Morgan fingerprint density at radius 1 is 1.33 bits per heavy atom. The minimum atomic E-state index is 0.569. The van der Waals surface area contributed by atoms with Crippen molar-refractivity contribution < 1.29 is 0 Å². The molecule has 0 atom stereocenters. The number of anilines is 2. The molecule has 1 aromatic rings. The first-order valence-electron chi connectivity index (χ1n) is 3.84. The molecular formula is C7H13N5. The van der Waals surface area contributed by atoms with Crippen molar-refractivity contribution in [3.05, 3.63) is 12.4 Å². The molecule has 0 unspecified atom stereocenters. The minimum Gasteiger partial charge on any atom is -0.396 e. The molecule has 0 spiro atoms. The molecule has 0 aliphatic rings. The van der Waals surface area contributed by atoms with Crippen molar-refractivity contribution in [3.8, 4) is 0 Å². The van der Waals surface area contributed by atoms with E-state index in [9.17, 15) is 0 Å². The van der Waals surface area contributed by atoms with E-state index in [4.69, 9.17) is 11.5 Å². The summed E-state index contributed by atoms with van der Waals surface area (Å²) in [4.78, 5) is 7.92. The number of hydrogen-bond acceptors (Lipinski definition) is 5. The lowest BCUT2D eigenvalue weighted by atomic mass is 10.4. The fourth-order valence-electron chi connectivity index (χ4n) is 0.732. The molecule has 12 heavy (non-hydrogen) atoms. The van der Waals surface area contributed by atoms with Gasteiger partial charge in [0, 0.05) is 6.54 Å². The second-order valence-electron chi connectivity index (χ2n) is 2.41. The first-order valence-corrected chi connectivity index (χ1v) is 3.84. The van der Waals surface area contributed by atoms with Gasteiger partial charge in [0.15, 0.2) is 0 Å². The zero-order valence-electron chi connectivity index (χ0n) is 6.83. The lowest BCUT2D eigenvalue weighted by molar-refractivity contribution is 0.864.